The molecule has 1 saturated heterocycles. The van der Waals surface area contributed by atoms with Crippen LogP contribution in [0.3, 0.4) is 0 Å². The van der Waals surface area contributed by atoms with Gasteiger partial charge in [0.05, 0.1) is 11.9 Å². The van der Waals surface area contributed by atoms with E-state index < -0.39 is 0 Å². The highest BCUT2D eigenvalue weighted by atomic mass is 16.5. The standard InChI is InChI=1S/C24H24N6O2/c31-23(19-5-1-6-21(15-19)32-24-26-8-3-9-27-24)29-11-2-4-18(7-12-29)14-20-17-30-13-10-25-22(30)16-28-20/h1,3,5-6,8-10,13,15-18H,2,4,7,11-12,14H2. The Balaban J connectivity index is 1.22. The molecular weight excluding hydrogens is 404 g/mol. The van der Waals surface area contributed by atoms with Crippen molar-refractivity contribution in [3.63, 3.8) is 0 Å². The van der Waals surface area contributed by atoms with E-state index in [1.165, 1.54) is 0 Å². The number of carbonyl (C=O) groups excluding carboxylic acids is 1. The molecule has 5 rings (SSSR count). The van der Waals surface area contributed by atoms with Gasteiger partial charge in [-0.15, -0.1) is 0 Å². The quantitative estimate of drug-likeness (QED) is 0.481. The van der Waals surface area contributed by atoms with E-state index in [4.69, 9.17) is 4.74 Å². The van der Waals surface area contributed by atoms with Crippen LogP contribution in [0.25, 0.3) is 5.65 Å². The number of hydrogen-bond acceptors (Lipinski definition) is 6. The molecule has 8 heteroatoms. The Hall–Kier alpha value is -3.81. The summed E-state index contributed by atoms with van der Waals surface area (Å²) in [7, 11) is 0. The van der Waals surface area contributed by atoms with Gasteiger partial charge in [-0.1, -0.05) is 6.07 Å². The summed E-state index contributed by atoms with van der Waals surface area (Å²) in [5.41, 5.74) is 2.54. The van der Waals surface area contributed by atoms with Crippen LogP contribution in [0.15, 0.2) is 67.5 Å². The summed E-state index contributed by atoms with van der Waals surface area (Å²) in [6.07, 6.45) is 14.8. The molecular formula is C24H24N6O2. The predicted molar refractivity (Wildman–Crippen MR) is 118 cm³/mol. The van der Waals surface area contributed by atoms with E-state index in [1.807, 2.05) is 33.8 Å². The lowest BCUT2D eigenvalue weighted by Gasteiger charge is -2.21. The summed E-state index contributed by atoms with van der Waals surface area (Å²) in [5.74, 6) is 1.09. The van der Waals surface area contributed by atoms with Crippen LogP contribution in [0, 0.1) is 5.92 Å². The van der Waals surface area contributed by atoms with Crippen molar-refractivity contribution in [2.45, 2.75) is 25.7 Å². The highest BCUT2D eigenvalue weighted by Gasteiger charge is 2.22. The third kappa shape index (κ3) is 4.59. The van der Waals surface area contributed by atoms with Crippen LogP contribution in [0.2, 0.25) is 0 Å². The lowest BCUT2D eigenvalue weighted by Crippen LogP contribution is -2.32. The molecule has 0 saturated carbocycles. The molecule has 4 heterocycles. The third-order valence-corrected chi connectivity index (χ3v) is 5.80. The zero-order chi connectivity index (χ0) is 21.8. The van der Waals surface area contributed by atoms with Crippen molar-refractivity contribution in [2.24, 2.45) is 5.92 Å². The van der Waals surface area contributed by atoms with Crippen LogP contribution < -0.4 is 4.74 Å². The first-order chi connectivity index (χ1) is 15.7. The fourth-order valence-corrected chi connectivity index (χ4v) is 4.16. The molecule has 0 bridgehead atoms. The molecule has 1 atom stereocenters. The maximum Gasteiger partial charge on any atom is 0.321 e. The molecule has 1 aliphatic rings. The molecule has 1 fully saturated rings. The highest BCUT2D eigenvalue weighted by molar-refractivity contribution is 5.94. The molecule has 3 aromatic heterocycles. The second-order valence-corrected chi connectivity index (χ2v) is 8.03. The summed E-state index contributed by atoms with van der Waals surface area (Å²) in [4.78, 5) is 32.1. The van der Waals surface area contributed by atoms with Gasteiger partial charge in [0.15, 0.2) is 5.65 Å². The maximum absolute atomic E-state index is 13.2. The summed E-state index contributed by atoms with van der Waals surface area (Å²) in [6, 6.07) is 9.20. The smallest absolute Gasteiger partial charge is 0.321 e. The van der Waals surface area contributed by atoms with Crippen LogP contribution in [-0.2, 0) is 6.42 Å². The fraction of sp³-hybridized carbons (Fsp3) is 0.292. The Bertz CT molecular complexity index is 1210. The lowest BCUT2D eigenvalue weighted by molar-refractivity contribution is 0.0759. The van der Waals surface area contributed by atoms with Gasteiger partial charge < -0.3 is 14.0 Å². The molecule has 8 nitrogen and oxygen atoms in total. The summed E-state index contributed by atoms with van der Waals surface area (Å²) in [5, 5.41) is 0. The van der Waals surface area contributed by atoms with Gasteiger partial charge in [-0.05, 0) is 55.9 Å². The molecule has 0 N–H and O–H groups in total. The topological polar surface area (TPSA) is 85.5 Å². The second kappa shape index (κ2) is 9.13. The zero-order valence-electron chi connectivity index (χ0n) is 17.7. The molecule has 0 spiro atoms. The lowest BCUT2D eigenvalue weighted by atomic mass is 9.95. The van der Waals surface area contributed by atoms with Crippen LogP contribution in [0.4, 0.5) is 0 Å². The number of carbonyl (C=O) groups is 1. The first-order valence-corrected chi connectivity index (χ1v) is 10.9. The number of ether oxygens (including phenoxy) is 1. The Morgan fingerprint density at radius 1 is 1.03 bits per heavy atom. The van der Waals surface area contributed by atoms with Crippen LogP contribution in [0.5, 0.6) is 11.8 Å². The van der Waals surface area contributed by atoms with Gasteiger partial charge >= 0.3 is 6.01 Å². The number of amides is 1. The molecule has 1 aliphatic heterocycles. The van der Waals surface area contributed by atoms with Crippen molar-refractivity contribution in [3.8, 4) is 11.8 Å². The van der Waals surface area contributed by atoms with Gasteiger partial charge in [0.25, 0.3) is 5.91 Å². The number of imidazole rings is 1. The molecule has 1 amide bonds. The van der Waals surface area contributed by atoms with Crippen molar-refractivity contribution in [3.05, 3.63) is 78.8 Å². The highest BCUT2D eigenvalue weighted by Crippen LogP contribution is 2.24. The first kappa shape index (κ1) is 20.1. The van der Waals surface area contributed by atoms with Gasteiger partial charge in [0, 0.05) is 49.6 Å². The van der Waals surface area contributed by atoms with Crippen molar-refractivity contribution in [1.29, 1.82) is 0 Å². The van der Waals surface area contributed by atoms with Gasteiger partial charge in [0.1, 0.15) is 5.75 Å². The molecule has 0 aliphatic carbocycles. The summed E-state index contributed by atoms with van der Waals surface area (Å²) < 4.78 is 7.69. The van der Waals surface area contributed by atoms with Gasteiger partial charge in [-0.3, -0.25) is 9.78 Å². The van der Waals surface area contributed by atoms with Crippen LogP contribution in [0.1, 0.15) is 35.3 Å². The molecule has 4 aromatic rings. The van der Waals surface area contributed by atoms with Crippen molar-refractivity contribution >= 4 is 11.6 Å². The third-order valence-electron chi connectivity index (χ3n) is 5.80. The minimum atomic E-state index is 0.0306. The molecule has 1 unspecified atom stereocenters. The number of likely N-dealkylation sites (tertiary alicyclic amines) is 1. The zero-order valence-corrected chi connectivity index (χ0v) is 17.7. The minimum Gasteiger partial charge on any atom is -0.424 e. The van der Waals surface area contributed by atoms with Gasteiger partial charge in [-0.25, -0.2) is 15.0 Å². The predicted octanol–water partition coefficient (Wildman–Crippen LogP) is 3.80. The van der Waals surface area contributed by atoms with Crippen LogP contribution in [-0.4, -0.2) is 48.2 Å². The Morgan fingerprint density at radius 2 is 1.94 bits per heavy atom. The van der Waals surface area contributed by atoms with Crippen molar-refractivity contribution in [1.82, 2.24) is 29.2 Å². The summed E-state index contributed by atoms with van der Waals surface area (Å²) >= 11 is 0. The SMILES string of the molecule is O=C(c1cccc(Oc2ncccn2)c1)N1CCCC(Cc2cn3ccnc3cn2)CC1. The van der Waals surface area contributed by atoms with Gasteiger partial charge in [0.2, 0.25) is 0 Å². The second-order valence-electron chi connectivity index (χ2n) is 8.03. The van der Waals surface area contributed by atoms with Gasteiger partial charge in [-0.2, -0.15) is 0 Å². The first-order valence-electron chi connectivity index (χ1n) is 10.9. The molecule has 0 radical (unpaired) electrons. The van der Waals surface area contributed by atoms with Crippen molar-refractivity contribution < 1.29 is 9.53 Å². The Labute approximate surface area is 185 Å². The Kier molecular flexibility index (Phi) is 5.74. The molecule has 1 aromatic carbocycles. The van der Waals surface area contributed by atoms with Crippen LogP contribution >= 0.6 is 0 Å². The number of rotatable bonds is 5. The number of nitrogens with zero attached hydrogens (tertiary/aromatic N) is 6. The summed E-state index contributed by atoms with van der Waals surface area (Å²) in [6.45, 7) is 1.50. The maximum atomic E-state index is 13.2. The number of fused-ring (bicyclic) bond motifs is 1. The molecule has 162 valence electrons. The van der Waals surface area contributed by atoms with E-state index in [2.05, 4.69) is 26.1 Å². The van der Waals surface area contributed by atoms with E-state index in [1.54, 1.807) is 36.8 Å². The van der Waals surface area contributed by atoms with E-state index >= 15 is 0 Å². The minimum absolute atomic E-state index is 0.0306. The van der Waals surface area contributed by atoms with E-state index in [-0.39, 0.29) is 11.9 Å². The number of benzene rings is 1. The average molecular weight is 428 g/mol. The van der Waals surface area contributed by atoms with Crippen molar-refractivity contribution in [2.75, 3.05) is 13.1 Å². The fourth-order valence-electron chi connectivity index (χ4n) is 4.16. The van der Waals surface area contributed by atoms with E-state index in [0.717, 1.165) is 50.1 Å². The normalized spacial score (nSPS) is 16.6. The molecule has 32 heavy (non-hydrogen) atoms. The number of aromatic nitrogens is 5. The largest absolute Gasteiger partial charge is 0.424 e. The monoisotopic (exact) mass is 428 g/mol. The Morgan fingerprint density at radius 3 is 2.84 bits per heavy atom. The number of hydrogen-bond donors (Lipinski definition) is 0. The van der Waals surface area contributed by atoms with E-state index in [9.17, 15) is 4.79 Å². The van der Waals surface area contributed by atoms with E-state index in [0.29, 0.717) is 17.2 Å². The average Bonchev–Trinajstić information content (AvgIpc) is 3.17.